The molecule has 36 heavy (non-hydrogen) atoms. The Morgan fingerprint density at radius 1 is 0.972 bits per heavy atom. The van der Waals surface area contributed by atoms with E-state index in [2.05, 4.69) is 52.6 Å². The Bertz CT molecular complexity index is 1100. The number of benzene rings is 2. The number of unbranched alkanes of at least 4 members (excludes halogenated alkanes) is 1. The number of pyridine rings is 1. The molecule has 1 amide bonds. The second kappa shape index (κ2) is 14.7. The lowest BCUT2D eigenvalue weighted by atomic mass is 10.1. The number of rotatable bonds is 14. The van der Waals surface area contributed by atoms with Crippen molar-refractivity contribution in [2.45, 2.75) is 25.7 Å². The lowest BCUT2D eigenvalue weighted by Crippen LogP contribution is -2.26. The Hall–Kier alpha value is -3.64. The van der Waals surface area contributed by atoms with E-state index < -0.39 is 0 Å². The van der Waals surface area contributed by atoms with Gasteiger partial charge in [0.1, 0.15) is 0 Å². The van der Waals surface area contributed by atoms with Gasteiger partial charge < -0.3 is 19.7 Å². The maximum absolute atomic E-state index is 12.1. The molecule has 1 aromatic heterocycles. The van der Waals surface area contributed by atoms with Crippen molar-refractivity contribution < 1.29 is 14.3 Å². The summed E-state index contributed by atoms with van der Waals surface area (Å²) in [4.78, 5) is 18.6. The summed E-state index contributed by atoms with van der Waals surface area (Å²) < 4.78 is 10.7. The third kappa shape index (κ3) is 8.86. The molecule has 3 aromatic rings. The van der Waals surface area contributed by atoms with Crippen molar-refractivity contribution in [3.63, 3.8) is 0 Å². The van der Waals surface area contributed by atoms with E-state index in [1.54, 1.807) is 20.4 Å². The molecule has 0 fully saturated rings. The van der Waals surface area contributed by atoms with E-state index in [0.717, 1.165) is 60.5 Å². The third-order valence-electron chi connectivity index (χ3n) is 6.04. The highest BCUT2D eigenvalue weighted by molar-refractivity contribution is 5.78. The van der Waals surface area contributed by atoms with E-state index in [1.165, 1.54) is 5.56 Å². The first-order valence-corrected chi connectivity index (χ1v) is 12.4. The molecular formula is C30H37N3O3. The number of nitrogens with zero attached hydrogens (tertiary/aromatic N) is 2. The molecule has 0 bridgehead atoms. The van der Waals surface area contributed by atoms with Gasteiger partial charge in [0.15, 0.2) is 11.5 Å². The number of carbonyl (C=O) groups excluding carboxylic acids is 1. The van der Waals surface area contributed by atoms with Crippen LogP contribution < -0.4 is 14.8 Å². The van der Waals surface area contributed by atoms with E-state index in [-0.39, 0.29) is 5.91 Å². The summed E-state index contributed by atoms with van der Waals surface area (Å²) in [5, 5.41) is 3.01. The Kier molecular flexibility index (Phi) is 11.0. The van der Waals surface area contributed by atoms with Crippen molar-refractivity contribution in [1.29, 1.82) is 0 Å². The molecular weight excluding hydrogens is 450 g/mol. The van der Waals surface area contributed by atoms with Crippen LogP contribution in [0.25, 0.3) is 17.2 Å². The highest BCUT2D eigenvalue weighted by Crippen LogP contribution is 2.27. The van der Waals surface area contributed by atoms with Crippen molar-refractivity contribution in [2.75, 3.05) is 40.9 Å². The topological polar surface area (TPSA) is 63.7 Å². The van der Waals surface area contributed by atoms with Crippen LogP contribution in [-0.4, -0.2) is 56.7 Å². The van der Waals surface area contributed by atoms with Crippen molar-refractivity contribution in [3.8, 4) is 22.6 Å². The average Bonchev–Trinajstić information content (AvgIpc) is 2.92. The molecule has 1 N–H and O–H groups in total. The number of amides is 1. The molecule has 0 atom stereocenters. The summed E-state index contributed by atoms with van der Waals surface area (Å²) in [5.41, 5.74) is 4.52. The molecule has 6 heteroatoms. The molecule has 0 aliphatic carbocycles. The standard InChI is InChI=1S/C30H37N3O3/c1-33(21-17-25-13-16-28(35-2)29(22-25)36-3)20-5-4-19-32-30(34)10-6-8-24-11-14-26(15-12-24)27-9-7-18-31-23-27/h6-9,11-16,18,22-23H,4-5,10,17,19-21H2,1-3H3,(H,32,34). The number of ether oxygens (including phenoxy) is 2. The first-order chi connectivity index (χ1) is 17.6. The molecule has 0 unspecified atom stereocenters. The Morgan fingerprint density at radius 2 is 1.78 bits per heavy atom. The number of hydrogen-bond acceptors (Lipinski definition) is 5. The highest BCUT2D eigenvalue weighted by Gasteiger charge is 2.06. The fourth-order valence-electron chi connectivity index (χ4n) is 3.90. The Morgan fingerprint density at radius 3 is 2.50 bits per heavy atom. The van der Waals surface area contributed by atoms with Crippen molar-refractivity contribution in [3.05, 3.63) is 84.2 Å². The van der Waals surface area contributed by atoms with Crippen LogP contribution in [0.1, 0.15) is 30.4 Å². The molecule has 1 heterocycles. The SMILES string of the molecule is COc1ccc(CCN(C)CCCCNC(=O)CC=Cc2ccc(-c3cccnc3)cc2)cc1OC. The van der Waals surface area contributed by atoms with Crippen LogP contribution in [-0.2, 0) is 11.2 Å². The van der Waals surface area contributed by atoms with Gasteiger partial charge in [0, 0.05) is 31.9 Å². The maximum Gasteiger partial charge on any atom is 0.223 e. The minimum absolute atomic E-state index is 0.0556. The second-order valence-corrected chi connectivity index (χ2v) is 8.77. The largest absolute Gasteiger partial charge is 0.493 e. The molecule has 2 aromatic carbocycles. The molecule has 3 rings (SSSR count). The highest BCUT2D eigenvalue weighted by atomic mass is 16.5. The van der Waals surface area contributed by atoms with E-state index in [4.69, 9.17) is 9.47 Å². The van der Waals surface area contributed by atoms with Gasteiger partial charge in [0.2, 0.25) is 5.91 Å². The van der Waals surface area contributed by atoms with Gasteiger partial charge in [-0.1, -0.05) is 48.6 Å². The summed E-state index contributed by atoms with van der Waals surface area (Å²) in [5.74, 6) is 1.57. The van der Waals surface area contributed by atoms with E-state index in [1.807, 2.05) is 42.6 Å². The lowest BCUT2D eigenvalue weighted by Gasteiger charge is -2.17. The number of carbonyl (C=O) groups is 1. The molecule has 0 saturated carbocycles. The molecule has 6 nitrogen and oxygen atoms in total. The van der Waals surface area contributed by atoms with Crippen LogP contribution in [0.5, 0.6) is 11.5 Å². The van der Waals surface area contributed by atoms with Gasteiger partial charge in [-0.15, -0.1) is 0 Å². The predicted molar refractivity (Wildman–Crippen MR) is 146 cm³/mol. The summed E-state index contributed by atoms with van der Waals surface area (Å²) in [6.45, 7) is 2.67. The van der Waals surface area contributed by atoms with Crippen LogP contribution in [0.2, 0.25) is 0 Å². The van der Waals surface area contributed by atoms with Gasteiger partial charge in [-0.2, -0.15) is 0 Å². The second-order valence-electron chi connectivity index (χ2n) is 8.77. The molecule has 0 spiro atoms. The van der Waals surface area contributed by atoms with Gasteiger partial charge in [-0.3, -0.25) is 9.78 Å². The van der Waals surface area contributed by atoms with Gasteiger partial charge in [0.05, 0.1) is 14.2 Å². The third-order valence-corrected chi connectivity index (χ3v) is 6.04. The molecule has 0 aliphatic heterocycles. The molecule has 0 saturated heterocycles. The smallest absolute Gasteiger partial charge is 0.223 e. The van der Waals surface area contributed by atoms with Crippen molar-refractivity contribution in [1.82, 2.24) is 15.2 Å². The zero-order chi connectivity index (χ0) is 25.6. The molecule has 0 aliphatic rings. The number of methoxy groups -OCH3 is 2. The van der Waals surface area contributed by atoms with Crippen LogP contribution in [0.4, 0.5) is 0 Å². The van der Waals surface area contributed by atoms with Gasteiger partial charge in [0.25, 0.3) is 0 Å². The van der Waals surface area contributed by atoms with Gasteiger partial charge in [-0.05, 0) is 73.3 Å². The zero-order valence-electron chi connectivity index (χ0n) is 21.6. The van der Waals surface area contributed by atoms with Crippen LogP contribution >= 0.6 is 0 Å². The fourth-order valence-corrected chi connectivity index (χ4v) is 3.90. The minimum Gasteiger partial charge on any atom is -0.493 e. The lowest BCUT2D eigenvalue weighted by molar-refractivity contribution is -0.120. The van der Waals surface area contributed by atoms with E-state index in [9.17, 15) is 4.79 Å². The summed E-state index contributed by atoms with van der Waals surface area (Å²) in [6.07, 6.45) is 10.9. The first kappa shape index (κ1) is 27.0. The van der Waals surface area contributed by atoms with Gasteiger partial charge >= 0.3 is 0 Å². The molecule has 0 radical (unpaired) electrons. The van der Waals surface area contributed by atoms with Crippen molar-refractivity contribution in [2.24, 2.45) is 0 Å². The monoisotopic (exact) mass is 487 g/mol. The van der Waals surface area contributed by atoms with Crippen LogP contribution in [0.3, 0.4) is 0 Å². The number of likely N-dealkylation sites (N-methyl/N-ethyl adjacent to an activating group) is 1. The number of nitrogens with one attached hydrogen (secondary N) is 1. The van der Waals surface area contributed by atoms with Crippen LogP contribution in [0.15, 0.2) is 73.1 Å². The summed E-state index contributed by atoms with van der Waals surface area (Å²) >= 11 is 0. The molecule has 190 valence electrons. The summed E-state index contributed by atoms with van der Waals surface area (Å²) in [6, 6.07) is 18.3. The fraction of sp³-hybridized carbons (Fsp3) is 0.333. The quantitative estimate of drug-likeness (QED) is 0.315. The average molecular weight is 488 g/mol. The van der Waals surface area contributed by atoms with E-state index in [0.29, 0.717) is 13.0 Å². The minimum atomic E-state index is 0.0556. The predicted octanol–water partition coefficient (Wildman–Crippen LogP) is 5.24. The van der Waals surface area contributed by atoms with Crippen LogP contribution in [0, 0.1) is 0 Å². The number of hydrogen-bond donors (Lipinski definition) is 1. The number of aromatic nitrogens is 1. The van der Waals surface area contributed by atoms with E-state index >= 15 is 0 Å². The van der Waals surface area contributed by atoms with Gasteiger partial charge in [-0.25, -0.2) is 0 Å². The maximum atomic E-state index is 12.1. The Labute approximate surface area is 215 Å². The van der Waals surface area contributed by atoms with Crippen molar-refractivity contribution >= 4 is 12.0 Å². The Balaban J connectivity index is 1.27. The summed E-state index contributed by atoms with van der Waals surface area (Å²) in [7, 11) is 5.44. The normalized spacial score (nSPS) is 11.1. The zero-order valence-corrected chi connectivity index (χ0v) is 21.6. The first-order valence-electron chi connectivity index (χ1n) is 12.4.